The number of aromatic nitrogens is 2. The molecule has 0 radical (unpaired) electrons. The standard InChI is InChI=1S/C24H21N3O3/c1-12-9-10-13(2)16(11-12)17-18-20(14-7-5-6-8-15(14)21(18)28)25-22-19(17)23(29)27(4)24(30)26(22)3/h5-11,17-18H,1-4H3/t17-,18-/m1/s1. The van der Waals surface area contributed by atoms with Crippen LogP contribution in [0.1, 0.15) is 44.1 Å². The van der Waals surface area contributed by atoms with Gasteiger partial charge < -0.3 is 0 Å². The van der Waals surface area contributed by atoms with Crippen LogP contribution in [0.2, 0.25) is 0 Å². The van der Waals surface area contributed by atoms with Crippen molar-refractivity contribution in [3.8, 4) is 0 Å². The third-order valence-electron chi connectivity index (χ3n) is 6.35. The van der Waals surface area contributed by atoms with E-state index in [4.69, 9.17) is 4.99 Å². The number of Topliss-reactive ketones (excluding diaryl/α,β-unsaturated/α-hetero) is 1. The Hall–Kier alpha value is -3.54. The number of fused-ring (bicyclic) bond motifs is 4. The van der Waals surface area contributed by atoms with E-state index in [2.05, 4.69) is 0 Å². The molecular weight excluding hydrogens is 378 g/mol. The molecule has 1 aromatic heterocycles. The van der Waals surface area contributed by atoms with E-state index in [1.165, 1.54) is 11.6 Å². The molecule has 6 nitrogen and oxygen atoms in total. The van der Waals surface area contributed by atoms with Crippen LogP contribution in [-0.2, 0) is 14.1 Å². The van der Waals surface area contributed by atoms with Gasteiger partial charge >= 0.3 is 5.69 Å². The highest BCUT2D eigenvalue weighted by atomic mass is 16.2. The molecular formula is C24H21N3O3. The summed E-state index contributed by atoms with van der Waals surface area (Å²) in [5.41, 5.74) is 4.58. The minimum absolute atomic E-state index is 0.0307. The SMILES string of the molecule is Cc1ccc(C)c([C@H]2c3c(n(C)c(=O)n(C)c3=O)N=C3c4ccccc4C(=O)[C@@H]32)c1. The molecule has 2 aromatic carbocycles. The molecule has 0 fully saturated rings. The molecule has 0 bridgehead atoms. The van der Waals surface area contributed by atoms with Crippen LogP contribution in [0, 0.1) is 19.8 Å². The van der Waals surface area contributed by atoms with Crippen LogP contribution in [0.15, 0.2) is 57.0 Å². The number of carbonyl (C=O) groups is 1. The number of aliphatic imine (C=N–C) groups is 1. The first kappa shape index (κ1) is 18.5. The van der Waals surface area contributed by atoms with Crippen molar-refractivity contribution in [2.24, 2.45) is 25.0 Å². The van der Waals surface area contributed by atoms with Crippen molar-refractivity contribution in [2.45, 2.75) is 19.8 Å². The summed E-state index contributed by atoms with van der Waals surface area (Å²) in [6, 6.07) is 13.5. The second kappa shape index (κ2) is 6.23. The molecule has 2 aliphatic rings. The average Bonchev–Trinajstić information content (AvgIpc) is 3.03. The number of aryl methyl sites for hydroxylation is 2. The van der Waals surface area contributed by atoms with E-state index in [1.807, 2.05) is 50.2 Å². The highest BCUT2D eigenvalue weighted by Crippen LogP contribution is 2.47. The van der Waals surface area contributed by atoms with Gasteiger partial charge in [-0.3, -0.25) is 18.7 Å². The summed E-state index contributed by atoms with van der Waals surface area (Å²) in [4.78, 5) is 44.2. The zero-order valence-corrected chi connectivity index (χ0v) is 17.3. The molecule has 0 spiro atoms. The summed E-state index contributed by atoms with van der Waals surface area (Å²) in [6.45, 7) is 3.98. The molecule has 0 amide bonds. The minimum atomic E-state index is -0.583. The lowest BCUT2D eigenvalue weighted by atomic mass is 9.75. The Morgan fingerprint density at radius 1 is 0.867 bits per heavy atom. The van der Waals surface area contributed by atoms with Crippen LogP contribution < -0.4 is 11.2 Å². The van der Waals surface area contributed by atoms with Gasteiger partial charge in [0, 0.05) is 31.1 Å². The number of hydrogen-bond donors (Lipinski definition) is 0. The number of benzene rings is 2. The fourth-order valence-corrected chi connectivity index (χ4v) is 4.80. The van der Waals surface area contributed by atoms with Gasteiger partial charge in [0.15, 0.2) is 5.78 Å². The maximum atomic E-state index is 13.5. The van der Waals surface area contributed by atoms with Crippen molar-refractivity contribution < 1.29 is 4.79 Å². The van der Waals surface area contributed by atoms with Crippen LogP contribution in [-0.4, -0.2) is 20.6 Å². The molecule has 3 aromatic rings. The third-order valence-corrected chi connectivity index (χ3v) is 6.35. The molecule has 150 valence electrons. The van der Waals surface area contributed by atoms with Gasteiger partial charge in [-0.2, -0.15) is 0 Å². The largest absolute Gasteiger partial charge is 0.332 e. The molecule has 1 aliphatic carbocycles. The molecule has 0 unspecified atom stereocenters. The highest BCUT2D eigenvalue weighted by molar-refractivity contribution is 6.30. The van der Waals surface area contributed by atoms with Crippen LogP contribution in [0.5, 0.6) is 0 Å². The van der Waals surface area contributed by atoms with Crippen LogP contribution >= 0.6 is 0 Å². The first-order valence-corrected chi connectivity index (χ1v) is 9.90. The number of carbonyl (C=O) groups excluding carboxylic acids is 1. The number of hydrogen-bond acceptors (Lipinski definition) is 4. The summed E-state index contributed by atoms with van der Waals surface area (Å²) in [5.74, 6) is -0.778. The molecule has 5 rings (SSSR count). The maximum Gasteiger partial charge on any atom is 0.332 e. The first-order chi connectivity index (χ1) is 14.3. The van der Waals surface area contributed by atoms with Crippen LogP contribution in [0.3, 0.4) is 0 Å². The smallest absolute Gasteiger partial charge is 0.293 e. The Morgan fingerprint density at radius 3 is 2.30 bits per heavy atom. The van der Waals surface area contributed by atoms with Gasteiger partial charge in [0.2, 0.25) is 0 Å². The quantitative estimate of drug-likeness (QED) is 0.632. The molecule has 2 atom stereocenters. The topological polar surface area (TPSA) is 73.4 Å². The molecule has 0 saturated heterocycles. The van der Waals surface area contributed by atoms with Crippen LogP contribution in [0.25, 0.3) is 0 Å². The molecule has 1 aliphatic heterocycles. The fourth-order valence-electron chi connectivity index (χ4n) is 4.80. The van der Waals surface area contributed by atoms with Crippen molar-refractivity contribution in [3.63, 3.8) is 0 Å². The van der Waals surface area contributed by atoms with Gasteiger partial charge in [-0.05, 0) is 25.0 Å². The Kier molecular flexibility index (Phi) is 3.84. The first-order valence-electron chi connectivity index (χ1n) is 9.90. The van der Waals surface area contributed by atoms with Crippen LogP contribution in [0.4, 0.5) is 5.82 Å². The Morgan fingerprint density at radius 2 is 1.57 bits per heavy atom. The van der Waals surface area contributed by atoms with Gasteiger partial charge in [-0.1, -0.05) is 48.0 Å². The number of rotatable bonds is 1. The average molecular weight is 399 g/mol. The molecule has 2 heterocycles. The second-order valence-electron chi connectivity index (χ2n) is 8.17. The van der Waals surface area contributed by atoms with Crippen molar-refractivity contribution in [3.05, 3.63) is 96.7 Å². The Bertz CT molecular complexity index is 1410. The van der Waals surface area contributed by atoms with E-state index in [0.29, 0.717) is 22.7 Å². The zero-order chi connectivity index (χ0) is 21.3. The summed E-state index contributed by atoms with van der Waals surface area (Å²) in [6.07, 6.45) is 0. The summed E-state index contributed by atoms with van der Waals surface area (Å²) in [5, 5.41) is 0. The lowest BCUT2D eigenvalue weighted by Crippen LogP contribution is -2.43. The van der Waals surface area contributed by atoms with Crippen molar-refractivity contribution >= 4 is 17.3 Å². The maximum absolute atomic E-state index is 13.5. The van der Waals surface area contributed by atoms with Gasteiger partial charge in [-0.25, -0.2) is 9.79 Å². The Balaban J connectivity index is 1.94. The predicted molar refractivity (Wildman–Crippen MR) is 115 cm³/mol. The molecule has 6 heteroatoms. The number of nitrogens with zero attached hydrogens (tertiary/aromatic N) is 3. The van der Waals surface area contributed by atoms with E-state index in [-0.39, 0.29) is 5.78 Å². The fraction of sp³-hybridized carbons (Fsp3) is 0.250. The van der Waals surface area contributed by atoms with Crippen molar-refractivity contribution in [1.29, 1.82) is 0 Å². The third kappa shape index (κ3) is 2.30. The predicted octanol–water partition coefficient (Wildman–Crippen LogP) is 2.78. The second-order valence-corrected chi connectivity index (χ2v) is 8.17. The summed E-state index contributed by atoms with van der Waals surface area (Å²) < 4.78 is 2.51. The lowest BCUT2D eigenvalue weighted by molar-refractivity contribution is 0.0953. The summed E-state index contributed by atoms with van der Waals surface area (Å²) >= 11 is 0. The molecule has 30 heavy (non-hydrogen) atoms. The van der Waals surface area contributed by atoms with Gasteiger partial charge in [0.1, 0.15) is 5.82 Å². The molecule has 0 saturated carbocycles. The lowest BCUT2D eigenvalue weighted by Gasteiger charge is -2.31. The van der Waals surface area contributed by atoms with Gasteiger partial charge in [0.25, 0.3) is 5.56 Å². The van der Waals surface area contributed by atoms with Crippen molar-refractivity contribution in [2.75, 3.05) is 0 Å². The highest BCUT2D eigenvalue weighted by Gasteiger charge is 2.48. The normalized spacial score (nSPS) is 19.2. The van der Waals surface area contributed by atoms with Crippen molar-refractivity contribution in [1.82, 2.24) is 9.13 Å². The monoisotopic (exact) mass is 399 g/mol. The Labute approximate surface area is 173 Å². The summed E-state index contributed by atoms with van der Waals surface area (Å²) in [7, 11) is 3.09. The van der Waals surface area contributed by atoms with E-state index in [0.717, 1.165) is 26.8 Å². The van der Waals surface area contributed by atoms with E-state index in [1.54, 1.807) is 13.1 Å². The van der Waals surface area contributed by atoms with Gasteiger partial charge in [0.05, 0.1) is 17.2 Å². The van der Waals surface area contributed by atoms with E-state index < -0.39 is 23.1 Å². The number of ketones is 1. The van der Waals surface area contributed by atoms with Gasteiger partial charge in [-0.15, -0.1) is 0 Å². The minimum Gasteiger partial charge on any atom is -0.293 e. The zero-order valence-electron chi connectivity index (χ0n) is 17.3. The van der Waals surface area contributed by atoms with E-state index >= 15 is 0 Å². The molecule has 0 N–H and O–H groups in total. The van der Waals surface area contributed by atoms with E-state index in [9.17, 15) is 14.4 Å².